The van der Waals surface area contributed by atoms with Crippen LogP contribution in [0, 0.1) is 0 Å². The van der Waals surface area contributed by atoms with Gasteiger partial charge in [0, 0.05) is 6.54 Å². The van der Waals surface area contributed by atoms with Crippen molar-refractivity contribution in [2.75, 3.05) is 20.7 Å². The van der Waals surface area contributed by atoms with Crippen LogP contribution in [0.3, 0.4) is 0 Å². The molecular formula is C14H23NO. The topological polar surface area (TPSA) is 12.5 Å². The molecule has 90 valence electrons. The zero-order valence-corrected chi connectivity index (χ0v) is 10.7. The van der Waals surface area contributed by atoms with E-state index in [1.807, 2.05) is 12.1 Å². The quantitative estimate of drug-likeness (QED) is 0.655. The molecule has 1 aromatic carbocycles. The Morgan fingerprint density at radius 3 is 2.75 bits per heavy atom. The van der Waals surface area contributed by atoms with E-state index in [9.17, 15) is 0 Å². The molecule has 0 atom stereocenters. The molecule has 0 saturated heterocycles. The standard InChI is InChI=1S/C14H23NO/c1-4-5-6-10-15(2)12-13-8-7-9-14(11-13)16-3/h7-9,11H,4-6,10,12H2,1-3H3. The number of unbranched alkanes of at least 4 members (excludes halogenated alkanes) is 2. The summed E-state index contributed by atoms with van der Waals surface area (Å²) in [4.78, 5) is 2.37. The van der Waals surface area contributed by atoms with E-state index in [0.717, 1.165) is 12.3 Å². The molecular weight excluding hydrogens is 198 g/mol. The largest absolute Gasteiger partial charge is 0.497 e. The van der Waals surface area contributed by atoms with Gasteiger partial charge in [-0.15, -0.1) is 0 Å². The summed E-state index contributed by atoms with van der Waals surface area (Å²) in [5, 5.41) is 0. The zero-order chi connectivity index (χ0) is 11.8. The Morgan fingerprint density at radius 2 is 2.06 bits per heavy atom. The summed E-state index contributed by atoms with van der Waals surface area (Å²) in [5.74, 6) is 0.944. The van der Waals surface area contributed by atoms with Gasteiger partial charge in [-0.1, -0.05) is 31.9 Å². The summed E-state index contributed by atoms with van der Waals surface area (Å²) in [6, 6.07) is 8.30. The van der Waals surface area contributed by atoms with Crippen molar-refractivity contribution in [3.05, 3.63) is 29.8 Å². The van der Waals surface area contributed by atoms with E-state index in [1.54, 1.807) is 7.11 Å². The lowest BCUT2D eigenvalue weighted by Gasteiger charge is -2.16. The Labute approximate surface area is 99.2 Å². The van der Waals surface area contributed by atoms with Crippen LogP contribution < -0.4 is 4.74 Å². The predicted molar refractivity (Wildman–Crippen MR) is 68.9 cm³/mol. The molecule has 0 unspecified atom stereocenters. The van der Waals surface area contributed by atoms with Crippen LogP contribution in [0.15, 0.2) is 24.3 Å². The van der Waals surface area contributed by atoms with Gasteiger partial charge in [0.2, 0.25) is 0 Å². The lowest BCUT2D eigenvalue weighted by Crippen LogP contribution is -2.18. The molecule has 0 amide bonds. The number of nitrogens with zero attached hydrogens (tertiary/aromatic N) is 1. The summed E-state index contributed by atoms with van der Waals surface area (Å²) in [6.45, 7) is 4.41. The Kier molecular flexibility index (Phi) is 5.94. The van der Waals surface area contributed by atoms with Crippen molar-refractivity contribution in [3.8, 4) is 5.75 Å². The Hall–Kier alpha value is -1.02. The van der Waals surface area contributed by atoms with Crippen LogP contribution in [0.5, 0.6) is 5.75 Å². The van der Waals surface area contributed by atoms with E-state index in [2.05, 4.69) is 31.0 Å². The van der Waals surface area contributed by atoms with Crippen LogP contribution in [0.25, 0.3) is 0 Å². The smallest absolute Gasteiger partial charge is 0.119 e. The van der Waals surface area contributed by atoms with Crippen molar-refractivity contribution in [2.45, 2.75) is 32.7 Å². The number of hydrogen-bond donors (Lipinski definition) is 0. The zero-order valence-electron chi connectivity index (χ0n) is 10.7. The highest BCUT2D eigenvalue weighted by atomic mass is 16.5. The van der Waals surface area contributed by atoms with E-state index in [-0.39, 0.29) is 0 Å². The van der Waals surface area contributed by atoms with Crippen LogP contribution in [0.1, 0.15) is 31.7 Å². The molecule has 0 saturated carbocycles. The van der Waals surface area contributed by atoms with Crippen molar-refractivity contribution in [2.24, 2.45) is 0 Å². The molecule has 0 aliphatic heterocycles. The van der Waals surface area contributed by atoms with E-state index >= 15 is 0 Å². The van der Waals surface area contributed by atoms with Crippen LogP contribution >= 0.6 is 0 Å². The van der Waals surface area contributed by atoms with Crippen LogP contribution in [-0.2, 0) is 6.54 Å². The second-order valence-electron chi connectivity index (χ2n) is 4.30. The minimum Gasteiger partial charge on any atom is -0.497 e. The maximum atomic E-state index is 5.22. The number of hydrogen-bond acceptors (Lipinski definition) is 2. The van der Waals surface area contributed by atoms with E-state index in [0.29, 0.717) is 0 Å². The fraction of sp³-hybridized carbons (Fsp3) is 0.571. The van der Waals surface area contributed by atoms with Crippen LogP contribution in [0.4, 0.5) is 0 Å². The lowest BCUT2D eigenvalue weighted by molar-refractivity contribution is 0.317. The molecule has 0 aliphatic carbocycles. The molecule has 0 heterocycles. The van der Waals surface area contributed by atoms with Gasteiger partial charge in [0.05, 0.1) is 7.11 Å². The average molecular weight is 221 g/mol. The third-order valence-electron chi connectivity index (χ3n) is 2.73. The first-order valence-corrected chi connectivity index (χ1v) is 6.07. The fourth-order valence-corrected chi connectivity index (χ4v) is 1.79. The highest BCUT2D eigenvalue weighted by Gasteiger charge is 2.01. The molecule has 0 aromatic heterocycles. The Balaban J connectivity index is 2.39. The SMILES string of the molecule is CCCCCN(C)Cc1cccc(OC)c1. The molecule has 16 heavy (non-hydrogen) atoms. The minimum absolute atomic E-state index is 0.944. The van der Waals surface area contributed by atoms with Crippen molar-refractivity contribution in [3.63, 3.8) is 0 Å². The number of benzene rings is 1. The molecule has 0 N–H and O–H groups in total. The monoisotopic (exact) mass is 221 g/mol. The third-order valence-corrected chi connectivity index (χ3v) is 2.73. The van der Waals surface area contributed by atoms with Crippen molar-refractivity contribution < 1.29 is 4.74 Å². The molecule has 0 radical (unpaired) electrons. The van der Waals surface area contributed by atoms with Gasteiger partial charge in [-0.05, 0) is 37.7 Å². The first-order valence-electron chi connectivity index (χ1n) is 6.07. The van der Waals surface area contributed by atoms with E-state index in [4.69, 9.17) is 4.74 Å². The number of ether oxygens (including phenoxy) is 1. The molecule has 0 aliphatic rings. The maximum absolute atomic E-state index is 5.22. The Morgan fingerprint density at radius 1 is 1.25 bits per heavy atom. The van der Waals surface area contributed by atoms with Gasteiger partial charge < -0.3 is 9.64 Å². The summed E-state index contributed by atoms with van der Waals surface area (Å²) in [7, 11) is 3.89. The van der Waals surface area contributed by atoms with Gasteiger partial charge in [-0.2, -0.15) is 0 Å². The molecule has 1 rings (SSSR count). The predicted octanol–water partition coefficient (Wildman–Crippen LogP) is 3.32. The summed E-state index contributed by atoms with van der Waals surface area (Å²) >= 11 is 0. The molecule has 0 bridgehead atoms. The molecule has 2 nitrogen and oxygen atoms in total. The third kappa shape index (κ3) is 4.67. The molecule has 0 spiro atoms. The van der Waals surface area contributed by atoms with Gasteiger partial charge in [0.1, 0.15) is 5.75 Å². The molecule has 0 fully saturated rings. The molecule has 1 aromatic rings. The van der Waals surface area contributed by atoms with Crippen LogP contribution in [-0.4, -0.2) is 25.6 Å². The van der Waals surface area contributed by atoms with E-state index in [1.165, 1.54) is 31.4 Å². The van der Waals surface area contributed by atoms with Gasteiger partial charge >= 0.3 is 0 Å². The summed E-state index contributed by atoms with van der Waals surface area (Å²) in [6.07, 6.45) is 3.90. The highest BCUT2D eigenvalue weighted by molar-refractivity contribution is 5.28. The minimum atomic E-state index is 0.944. The first kappa shape index (κ1) is 13.0. The number of methoxy groups -OCH3 is 1. The van der Waals surface area contributed by atoms with Crippen molar-refractivity contribution >= 4 is 0 Å². The van der Waals surface area contributed by atoms with Crippen molar-refractivity contribution in [1.82, 2.24) is 4.90 Å². The fourth-order valence-electron chi connectivity index (χ4n) is 1.79. The van der Waals surface area contributed by atoms with Gasteiger partial charge in [-0.25, -0.2) is 0 Å². The van der Waals surface area contributed by atoms with Crippen LogP contribution in [0.2, 0.25) is 0 Å². The second-order valence-corrected chi connectivity index (χ2v) is 4.30. The summed E-state index contributed by atoms with van der Waals surface area (Å²) < 4.78 is 5.22. The van der Waals surface area contributed by atoms with Gasteiger partial charge in [0.15, 0.2) is 0 Å². The highest BCUT2D eigenvalue weighted by Crippen LogP contribution is 2.14. The summed E-state index contributed by atoms with van der Waals surface area (Å²) in [5.41, 5.74) is 1.32. The van der Waals surface area contributed by atoms with Crippen molar-refractivity contribution in [1.29, 1.82) is 0 Å². The Bertz CT molecular complexity index is 299. The second kappa shape index (κ2) is 7.29. The molecule has 2 heteroatoms. The maximum Gasteiger partial charge on any atom is 0.119 e. The van der Waals surface area contributed by atoms with E-state index < -0.39 is 0 Å². The van der Waals surface area contributed by atoms with Gasteiger partial charge in [0.25, 0.3) is 0 Å². The first-order chi connectivity index (χ1) is 7.76. The lowest BCUT2D eigenvalue weighted by atomic mass is 10.2. The number of rotatable bonds is 7. The average Bonchev–Trinajstić information content (AvgIpc) is 2.29. The normalized spacial score (nSPS) is 10.8. The van der Waals surface area contributed by atoms with Gasteiger partial charge in [-0.3, -0.25) is 0 Å².